The number of carbonyl (C=O) groups is 2. The van der Waals surface area contributed by atoms with Gasteiger partial charge in [-0.25, -0.2) is 4.79 Å². The van der Waals surface area contributed by atoms with Crippen LogP contribution in [-0.2, 0) is 31.7 Å². The summed E-state index contributed by atoms with van der Waals surface area (Å²) in [6.07, 6.45) is 0. The second kappa shape index (κ2) is 6.36. The van der Waals surface area contributed by atoms with Crippen LogP contribution in [0.1, 0.15) is 0 Å². The maximum absolute atomic E-state index is 10.4. The lowest BCUT2D eigenvalue weighted by molar-refractivity contribution is -0.163. The molecule has 0 N–H and O–H groups in total. The van der Waals surface area contributed by atoms with E-state index in [1.807, 2.05) is 0 Å². The van der Waals surface area contributed by atoms with Gasteiger partial charge in [-0.05, 0) is 12.6 Å². The van der Waals surface area contributed by atoms with Gasteiger partial charge in [0.1, 0.15) is 0 Å². The van der Waals surface area contributed by atoms with Crippen molar-refractivity contribution in [1.29, 1.82) is 0 Å². The second-order valence-corrected chi connectivity index (χ2v) is 2.16. The highest BCUT2D eigenvalue weighted by atomic mass is 32.1. The molecule has 0 aliphatic heterocycles. The predicted molar refractivity (Wildman–Crippen MR) is 45.9 cm³/mol. The van der Waals surface area contributed by atoms with Crippen LogP contribution in [0, 0.1) is 0 Å². The molecule has 0 fully saturated rings. The zero-order valence-electron chi connectivity index (χ0n) is 5.70. The molecule has 0 unspecified atom stereocenters. The summed E-state index contributed by atoms with van der Waals surface area (Å²) < 4.78 is 8.78. The van der Waals surface area contributed by atoms with Crippen molar-refractivity contribution in [1.82, 2.24) is 0 Å². The van der Waals surface area contributed by atoms with Gasteiger partial charge in [0.25, 0.3) is 0 Å². The van der Waals surface area contributed by atoms with Crippen LogP contribution in [0.15, 0.2) is 0 Å². The lowest BCUT2D eigenvalue weighted by Crippen LogP contribution is -2.14. The van der Waals surface area contributed by atoms with Gasteiger partial charge in [-0.2, -0.15) is 12.6 Å². The van der Waals surface area contributed by atoms with Gasteiger partial charge in [-0.3, -0.25) is 4.79 Å². The average Bonchev–Trinajstić information content (AvgIpc) is 2.04. The normalized spacial score (nSPS) is 8.91. The van der Waals surface area contributed by atoms with Crippen molar-refractivity contribution < 1.29 is 19.1 Å². The molecule has 0 atom stereocenters. The summed E-state index contributed by atoms with van der Waals surface area (Å²) in [5, 5.41) is 0. The first-order chi connectivity index (χ1) is 5.20. The number of hydrogen-bond donors (Lipinski definition) is 1. The third-order valence-electron chi connectivity index (χ3n) is 0.713. The zero-order chi connectivity index (χ0) is 8.69. The average molecular weight is 197 g/mol. The van der Waals surface area contributed by atoms with Gasteiger partial charge in [-0.15, -0.1) is 0 Å². The molecule has 0 radical (unpaired) electrons. The fourth-order valence-electron chi connectivity index (χ4n) is 0.258. The Morgan fingerprint density at radius 1 is 1.27 bits per heavy atom. The zero-order valence-corrected chi connectivity index (χ0v) is 7.60. The summed E-state index contributed by atoms with van der Waals surface area (Å²) in [6, 6.07) is 0. The molecule has 0 aliphatic carbocycles. The number of hydrogen-bond acceptors (Lipinski definition) is 5. The van der Waals surface area contributed by atoms with Crippen molar-refractivity contribution in [2.45, 2.75) is 0 Å². The molecule has 0 aromatic rings. The molecule has 0 aromatic heterocycles. The smallest absolute Gasteiger partial charge is 0.358 e. The standard InChI is InChI=1S/C5H8O4S2/c6-4(1-10)8-3-9-5(7)2-11/h10-11H,1-3H2/p+1. The van der Waals surface area contributed by atoms with E-state index in [2.05, 4.69) is 34.7 Å². The van der Waals surface area contributed by atoms with E-state index in [1.165, 1.54) is 0 Å². The third kappa shape index (κ3) is 6.05. The van der Waals surface area contributed by atoms with Crippen LogP contribution in [-0.4, -0.2) is 30.2 Å². The minimum Gasteiger partial charge on any atom is -0.427 e. The van der Waals surface area contributed by atoms with Gasteiger partial charge in [-0.1, -0.05) is 0 Å². The highest BCUT2D eigenvalue weighted by Crippen LogP contribution is 1.84. The van der Waals surface area contributed by atoms with Crippen molar-refractivity contribution in [2.75, 3.05) is 18.3 Å². The molecule has 11 heavy (non-hydrogen) atoms. The Balaban J connectivity index is 3.27. The molecule has 0 saturated heterocycles. The lowest BCUT2D eigenvalue weighted by atomic mass is 10.8. The predicted octanol–water partition coefficient (Wildman–Crippen LogP) is -1.03. The summed E-state index contributed by atoms with van der Waals surface area (Å²) in [5.41, 5.74) is 0. The summed E-state index contributed by atoms with van der Waals surface area (Å²) in [7, 11) is 0. The molecule has 4 nitrogen and oxygen atoms in total. The Kier molecular flexibility index (Phi) is 6.15. The van der Waals surface area contributed by atoms with Gasteiger partial charge >= 0.3 is 11.9 Å². The molecular formula is C5H9O4S2+. The molecule has 0 rings (SSSR count). The summed E-state index contributed by atoms with van der Waals surface area (Å²) in [6.45, 7) is -0.345. The van der Waals surface area contributed by atoms with Crippen LogP contribution in [0.2, 0.25) is 0 Å². The van der Waals surface area contributed by atoms with E-state index in [0.29, 0.717) is 0 Å². The van der Waals surface area contributed by atoms with Crippen LogP contribution < -0.4 is 0 Å². The summed E-state index contributed by atoms with van der Waals surface area (Å²) >= 11 is 6.55. The minimum absolute atomic E-state index is 0.0224. The quantitative estimate of drug-likeness (QED) is 0.271. The number of ether oxygens (including phenoxy) is 2. The molecule has 6 heteroatoms. The molecule has 0 bridgehead atoms. The monoisotopic (exact) mass is 197 g/mol. The molecular weight excluding hydrogens is 188 g/mol. The second-order valence-electron chi connectivity index (χ2n) is 1.49. The number of thiol groups is 1. The molecule has 0 saturated carbocycles. The Hall–Kier alpha value is -0.360. The highest BCUT2D eigenvalue weighted by molar-refractivity contribution is 7.81. The summed E-state index contributed by atoms with van der Waals surface area (Å²) in [5.74, 6) is -0.937. The largest absolute Gasteiger partial charge is 0.427 e. The van der Waals surface area contributed by atoms with E-state index in [-0.39, 0.29) is 18.3 Å². The van der Waals surface area contributed by atoms with Crippen LogP contribution >= 0.6 is 12.6 Å². The first-order valence-corrected chi connectivity index (χ1v) is 4.11. The van der Waals surface area contributed by atoms with Gasteiger partial charge < -0.3 is 9.47 Å². The van der Waals surface area contributed by atoms with E-state index >= 15 is 0 Å². The first kappa shape index (κ1) is 10.6. The number of rotatable bonds is 4. The third-order valence-corrected chi connectivity index (χ3v) is 1.26. The molecule has 0 aliphatic rings. The number of carbonyl (C=O) groups excluding carboxylic acids is 2. The topological polar surface area (TPSA) is 52.6 Å². The highest BCUT2D eigenvalue weighted by Gasteiger charge is 2.03. The fourth-order valence-corrected chi connectivity index (χ4v) is 0.451. The van der Waals surface area contributed by atoms with Gasteiger partial charge in [0, 0.05) is 0 Å². The van der Waals surface area contributed by atoms with E-state index in [9.17, 15) is 9.59 Å². The fraction of sp³-hybridized carbons (Fsp3) is 0.600. The van der Waals surface area contributed by atoms with Crippen molar-refractivity contribution in [3.8, 4) is 0 Å². The van der Waals surface area contributed by atoms with E-state index in [4.69, 9.17) is 0 Å². The maximum Gasteiger partial charge on any atom is 0.358 e. The Bertz CT molecular complexity index is 131. The minimum atomic E-state index is -0.518. The Morgan fingerprint density at radius 3 is 2.27 bits per heavy atom. The molecule has 0 heterocycles. The summed E-state index contributed by atoms with van der Waals surface area (Å²) in [4.78, 5) is 20.8. The Morgan fingerprint density at radius 2 is 1.82 bits per heavy atom. The van der Waals surface area contributed by atoms with Crippen LogP contribution in [0.5, 0.6) is 0 Å². The number of esters is 2. The SMILES string of the molecule is O=C(CS)OCOC(=O)C[SH2+]. The van der Waals surface area contributed by atoms with Gasteiger partial charge in [0.2, 0.25) is 6.79 Å². The maximum atomic E-state index is 10.4. The lowest BCUT2D eigenvalue weighted by Gasteiger charge is -2.01. The van der Waals surface area contributed by atoms with E-state index in [1.54, 1.807) is 0 Å². The molecule has 0 amide bonds. The molecule has 0 aromatic carbocycles. The van der Waals surface area contributed by atoms with Crippen LogP contribution in [0.4, 0.5) is 0 Å². The van der Waals surface area contributed by atoms with Crippen molar-refractivity contribution in [3.63, 3.8) is 0 Å². The van der Waals surface area contributed by atoms with Gasteiger partial charge in [0.15, 0.2) is 5.75 Å². The van der Waals surface area contributed by atoms with Gasteiger partial charge in [0.05, 0.1) is 5.75 Å². The van der Waals surface area contributed by atoms with E-state index < -0.39 is 11.9 Å². The van der Waals surface area contributed by atoms with Crippen LogP contribution in [0.25, 0.3) is 0 Å². The van der Waals surface area contributed by atoms with Crippen molar-refractivity contribution in [3.05, 3.63) is 0 Å². The molecule has 0 spiro atoms. The van der Waals surface area contributed by atoms with E-state index in [0.717, 1.165) is 0 Å². The van der Waals surface area contributed by atoms with Crippen molar-refractivity contribution >= 4 is 37.2 Å². The van der Waals surface area contributed by atoms with Crippen LogP contribution in [0.3, 0.4) is 0 Å². The first-order valence-electron chi connectivity index (χ1n) is 2.77. The molecule has 64 valence electrons. The Labute approximate surface area is 75.1 Å². The van der Waals surface area contributed by atoms with Crippen molar-refractivity contribution in [2.24, 2.45) is 0 Å².